The Bertz CT molecular complexity index is 590. The number of aliphatic hydroxyl groups is 1. The molecule has 1 aromatic carbocycles. The maximum Gasteiger partial charge on any atom is 0.324 e. The van der Waals surface area contributed by atoms with Gasteiger partial charge in [-0.1, -0.05) is 29.8 Å². The van der Waals surface area contributed by atoms with E-state index in [0.717, 1.165) is 0 Å². The van der Waals surface area contributed by atoms with Gasteiger partial charge in [0.2, 0.25) is 0 Å². The Morgan fingerprint density at radius 2 is 1.95 bits per heavy atom. The zero-order chi connectivity index (χ0) is 13.7. The molecule has 0 unspecified atom stereocenters. The van der Waals surface area contributed by atoms with Crippen LogP contribution >= 0.6 is 11.6 Å². The van der Waals surface area contributed by atoms with Gasteiger partial charge in [-0.05, 0) is 24.3 Å². The van der Waals surface area contributed by atoms with Gasteiger partial charge in [0.15, 0.2) is 0 Å². The number of benzene rings is 1. The highest BCUT2D eigenvalue weighted by Gasteiger charge is 2.06. The number of halogens is 1. The van der Waals surface area contributed by atoms with E-state index in [9.17, 15) is 4.79 Å². The topological polar surface area (TPSA) is 74.2 Å². The first-order valence-electron chi connectivity index (χ1n) is 5.58. The second-order valence-corrected chi connectivity index (χ2v) is 4.14. The van der Waals surface area contributed by atoms with Crippen molar-refractivity contribution in [3.63, 3.8) is 0 Å². The maximum atomic E-state index is 11.8. The van der Waals surface area contributed by atoms with E-state index >= 15 is 0 Å². The minimum Gasteiger partial charge on any atom is -0.390 e. The standard InChI is InChI=1S/C13H12ClN3O2/c14-10-5-1-2-6-11(10)16-13(19)17-12-7-3-4-9(8-18)15-12/h1-7,18H,8H2,(H2,15,16,17,19). The van der Waals surface area contributed by atoms with Gasteiger partial charge in [0.05, 0.1) is 23.0 Å². The predicted molar refractivity (Wildman–Crippen MR) is 74.3 cm³/mol. The molecule has 0 spiro atoms. The van der Waals surface area contributed by atoms with Crippen molar-refractivity contribution in [3.05, 3.63) is 53.2 Å². The SMILES string of the molecule is O=C(Nc1cccc(CO)n1)Nc1ccccc1Cl. The number of amides is 2. The average molecular weight is 278 g/mol. The number of rotatable bonds is 3. The molecule has 0 saturated carbocycles. The number of nitrogens with zero attached hydrogens (tertiary/aromatic N) is 1. The van der Waals surface area contributed by atoms with Gasteiger partial charge in [-0.2, -0.15) is 0 Å². The highest BCUT2D eigenvalue weighted by atomic mass is 35.5. The van der Waals surface area contributed by atoms with Crippen LogP contribution in [0.15, 0.2) is 42.5 Å². The molecule has 0 saturated heterocycles. The Hall–Kier alpha value is -2.11. The molecule has 0 atom stereocenters. The van der Waals surface area contributed by atoms with Crippen LogP contribution in [0.1, 0.15) is 5.69 Å². The Morgan fingerprint density at radius 1 is 1.16 bits per heavy atom. The number of pyridine rings is 1. The molecule has 3 N–H and O–H groups in total. The third kappa shape index (κ3) is 3.67. The summed E-state index contributed by atoms with van der Waals surface area (Å²) in [4.78, 5) is 15.8. The number of nitrogens with one attached hydrogen (secondary N) is 2. The van der Waals surface area contributed by atoms with Gasteiger partial charge in [0, 0.05) is 0 Å². The minimum atomic E-state index is -0.448. The first-order chi connectivity index (χ1) is 9.19. The monoisotopic (exact) mass is 277 g/mol. The molecule has 1 heterocycles. The van der Waals surface area contributed by atoms with Gasteiger partial charge in [0.25, 0.3) is 0 Å². The number of aromatic nitrogens is 1. The number of aliphatic hydroxyl groups excluding tert-OH is 1. The van der Waals surface area contributed by atoms with Crippen LogP contribution in [0, 0.1) is 0 Å². The molecule has 98 valence electrons. The largest absolute Gasteiger partial charge is 0.390 e. The summed E-state index contributed by atoms with van der Waals surface area (Å²) in [6, 6.07) is 11.5. The predicted octanol–water partition coefficient (Wildman–Crippen LogP) is 2.87. The highest BCUT2D eigenvalue weighted by molar-refractivity contribution is 6.33. The molecule has 0 radical (unpaired) electrons. The summed E-state index contributed by atoms with van der Waals surface area (Å²) in [5, 5.41) is 14.6. The van der Waals surface area contributed by atoms with Gasteiger partial charge in [-0.15, -0.1) is 0 Å². The smallest absolute Gasteiger partial charge is 0.324 e. The number of carbonyl (C=O) groups is 1. The summed E-state index contributed by atoms with van der Waals surface area (Å²) in [6.45, 7) is -0.179. The fourth-order valence-corrected chi connectivity index (χ4v) is 1.65. The molecule has 0 fully saturated rings. The fraction of sp³-hybridized carbons (Fsp3) is 0.0769. The van der Waals surface area contributed by atoms with Crippen LogP contribution in [-0.4, -0.2) is 16.1 Å². The van der Waals surface area contributed by atoms with E-state index in [1.807, 2.05) is 0 Å². The molecule has 5 nitrogen and oxygen atoms in total. The van der Waals surface area contributed by atoms with Gasteiger partial charge in [-0.3, -0.25) is 5.32 Å². The van der Waals surface area contributed by atoms with E-state index in [-0.39, 0.29) is 6.61 Å². The average Bonchev–Trinajstić information content (AvgIpc) is 2.41. The first-order valence-corrected chi connectivity index (χ1v) is 5.96. The van der Waals surface area contributed by atoms with E-state index in [2.05, 4.69) is 15.6 Å². The molecule has 0 aliphatic heterocycles. The molecule has 1 aromatic heterocycles. The van der Waals surface area contributed by atoms with Crippen LogP contribution in [0.25, 0.3) is 0 Å². The van der Waals surface area contributed by atoms with Crippen LogP contribution in [0.5, 0.6) is 0 Å². The van der Waals surface area contributed by atoms with Crippen molar-refractivity contribution in [1.29, 1.82) is 0 Å². The lowest BCUT2D eigenvalue weighted by molar-refractivity contribution is 0.262. The molecule has 0 aliphatic rings. The Kier molecular flexibility index (Phi) is 4.33. The molecule has 2 aromatic rings. The van der Waals surface area contributed by atoms with Crippen molar-refractivity contribution in [2.75, 3.05) is 10.6 Å². The molecule has 0 bridgehead atoms. The number of para-hydroxylation sites is 1. The van der Waals surface area contributed by atoms with Crippen LogP contribution in [-0.2, 0) is 6.61 Å². The lowest BCUT2D eigenvalue weighted by Gasteiger charge is -2.08. The van der Waals surface area contributed by atoms with Crippen molar-refractivity contribution in [2.24, 2.45) is 0 Å². The second kappa shape index (κ2) is 6.17. The van der Waals surface area contributed by atoms with E-state index in [1.165, 1.54) is 0 Å². The summed E-state index contributed by atoms with van der Waals surface area (Å²) in [5.74, 6) is 0.358. The fourth-order valence-electron chi connectivity index (χ4n) is 1.47. The molecule has 19 heavy (non-hydrogen) atoms. The van der Waals surface area contributed by atoms with E-state index in [4.69, 9.17) is 16.7 Å². The van der Waals surface area contributed by atoms with E-state index < -0.39 is 6.03 Å². The van der Waals surface area contributed by atoms with E-state index in [0.29, 0.717) is 22.2 Å². The summed E-state index contributed by atoms with van der Waals surface area (Å²) < 4.78 is 0. The third-order valence-electron chi connectivity index (χ3n) is 2.33. The number of hydrogen-bond donors (Lipinski definition) is 3. The second-order valence-electron chi connectivity index (χ2n) is 3.73. The van der Waals surface area contributed by atoms with Gasteiger partial charge in [-0.25, -0.2) is 9.78 Å². The first kappa shape index (κ1) is 13.3. The van der Waals surface area contributed by atoms with Crippen LogP contribution in [0.3, 0.4) is 0 Å². The molecular formula is C13H12ClN3O2. The zero-order valence-electron chi connectivity index (χ0n) is 9.93. The normalized spacial score (nSPS) is 10.0. The number of anilines is 2. The Balaban J connectivity index is 2.03. The highest BCUT2D eigenvalue weighted by Crippen LogP contribution is 2.20. The summed E-state index contributed by atoms with van der Waals surface area (Å²) >= 11 is 5.93. The number of urea groups is 1. The lowest BCUT2D eigenvalue weighted by Crippen LogP contribution is -2.20. The van der Waals surface area contributed by atoms with Gasteiger partial charge >= 0.3 is 6.03 Å². The number of hydrogen-bond acceptors (Lipinski definition) is 3. The maximum absolute atomic E-state index is 11.8. The molecule has 2 amide bonds. The van der Waals surface area contributed by atoms with Crippen LogP contribution in [0.2, 0.25) is 5.02 Å². The van der Waals surface area contributed by atoms with Crippen molar-refractivity contribution in [2.45, 2.75) is 6.61 Å². The quantitative estimate of drug-likeness (QED) is 0.807. The number of carbonyl (C=O) groups excluding carboxylic acids is 1. The molecule has 2 rings (SSSR count). The third-order valence-corrected chi connectivity index (χ3v) is 2.66. The van der Waals surface area contributed by atoms with Crippen LogP contribution < -0.4 is 10.6 Å². The Labute approximate surface area is 115 Å². The summed E-state index contributed by atoms with van der Waals surface area (Å²) in [5.41, 5.74) is 0.996. The van der Waals surface area contributed by atoms with E-state index in [1.54, 1.807) is 42.5 Å². The Morgan fingerprint density at radius 3 is 2.68 bits per heavy atom. The van der Waals surface area contributed by atoms with Gasteiger partial charge < -0.3 is 10.4 Å². The van der Waals surface area contributed by atoms with Crippen molar-refractivity contribution in [1.82, 2.24) is 4.98 Å². The molecule has 6 heteroatoms. The van der Waals surface area contributed by atoms with Gasteiger partial charge in [0.1, 0.15) is 5.82 Å². The summed E-state index contributed by atoms with van der Waals surface area (Å²) in [7, 11) is 0. The molecule has 0 aliphatic carbocycles. The van der Waals surface area contributed by atoms with Crippen molar-refractivity contribution < 1.29 is 9.90 Å². The molecular weight excluding hydrogens is 266 g/mol. The lowest BCUT2D eigenvalue weighted by atomic mass is 10.3. The zero-order valence-corrected chi connectivity index (χ0v) is 10.7. The minimum absolute atomic E-state index is 0.179. The van der Waals surface area contributed by atoms with Crippen molar-refractivity contribution in [3.8, 4) is 0 Å². The van der Waals surface area contributed by atoms with Crippen molar-refractivity contribution >= 4 is 29.1 Å². The summed E-state index contributed by atoms with van der Waals surface area (Å²) in [6.07, 6.45) is 0. The van der Waals surface area contributed by atoms with Crippen LogP contribution in [0.4, 0.5) is 16.3 Å².